The quantitative estimate of drug-likeness (QED) is 0.926. The van der Waals surface area contributed by atoms with Crippen LogP contribution in [0.1, 0.15) is 22.7 Å². The molecule has 19 heavy (non-hydrogen) atoms. The van der Waals surface area contributed by atoms with Crippen LogP contribution in [0, 0.1) is 12.7 Å². The largest absolute Gasteiger partial charge is 0.496 e. The van der Waals surface area contributed by atoms with Crippen LogP contribution in [-0.2, 0) is 0 Å². The molecule has 0 aromatic heterocycles. The molecule has 2 aromatic carbocycles. The minimum absolute atomic E-state index is 0.333. The van der Waals surface area contributed by atoms with Gasteiger partial charge in [-0.2, -0.15) is 0 Å². The number of hydrogen-bond acceptors (Lipinski definition) is 2. The van der Waals surface area contributed by atoms with Gasteiger partial charge in [0.2, 0.25) is 0 Å². The Bertz CT molecular complexity index is 601. The van der Waals surface area contributed by atoms with E-state index in [9.17, 15) is 4.39 Å². The van der Waals surface area contributed by atoms with Gasteiger partial charge >= 0.3 is 0 Å². The first-order chi connectivity index (χ1) is 9.02. The van der Waals surface area contributed by atoms with Gasteiger partial charge in [-0.1, -0.05) is 29.3 Å². The predicted octanol–water partition coefficient (Wildman–Crippen LogP) is 3.84. The molecule has 2 nitrogen and oxygen atoms in total. The van der Waals surface area contributed by atoms with Crippen LogP contribution in [0.15, 0.2) is 36.4 Å². The van der Waals surface area contributed by atoms with Crippen LogP contribution in [0.4, 0.5) is 4.39 Å². The molecule has 0 aliphatic rings. The highest BCUT2D eigenvalue weighted by Crippen LogP contribution is 2.32. The highest BCUT2D eigenvalue weighted by atomic mass is 35.5. The van der Waals surface area contributed by atoms with E-state index >= 15 is 0 Å². The van der Waals surface area contributed by atoms with Gasteiger partial charge in [0.15, 0.2) is 0 Å². The number of rotatable bonds is 3. The summed E-state index contributed by atoms with van der Waals surface area (Å²) in [6, 6.07) is 9.39. The fourth-order valence-electron chi connectivity index (χ4n) is 2.02. The molecule has 100 valence electrons. The molecule has 0 fully saturated rings. The van der Waals surface area contributed by atoms with Crippen LogP contribution >= 0.6 is 11.6 Å². The van der Waals surface area contributed by atoms with Gasteiger partial charge in [0, 0.05) is 16.1 Å². The van der Waals surface area contributed by atoms with Gasteiger partial charge in [-0.05, 0) is 31.2 Å². The van der Waals surface area contributed by atoms with Crippen LogP contribution in [0.25, 0.3) is 0 Å². The van der Waals surface area contributed by atoms with Crippen molar-refractivity contribution in [1.29, 1.82) is 0 Å². The maximum absolute atomic E-state index is 13.9. The highest BCUT2D eigenvalue weighted by molar-refractivity contribution is 6.30. The SMILES string of the molecule is COc1ccc(Cl)cc1C(N)c1cc(C)ccc1F. The summed E-state index contributed by atoms with van der Waals surface area (Å²) >= 11 is 5.97. The van der Waals surface area contributed by atoms with E-state index < -0.39 is 6.04 Å². The number of ether oxygens (including phenoxy) is 1. The van der Waals surface area contributed by atoms with Crippen molar-refractivity contribution in [2.24, 2.45) is 5.73 Å². The number of methoxy groups -OCH3 is 1. The average molecular weight is 280 g/mol. The molecule has 0 aliphatic carbocycles. The predicted molar refractivity (Wildman–Crippen MR) is 75.2 cm³/mol. The number of benzene rings is 2. The number of aryl methyl sites for hydroxylation is 1. The highest BCUT2D eigenvalue weighted by Gasteiger charge is 2.18. The summed E-state index contributed by atoms with van der Waals surface area (Å²) in [4.78, 5) is 0. The minimum atomic E-state index is -0.617. The van der Waals surface area contributed by atoms with Gasteiger partial charge in [0.25, 0.3) is 0 Å². The van der Waals surface area contributed by atoms with E-state index in [0.29, 0.717) is 21.9 Å². The third kappa shape index (κ3) is 2.88. The zero-order chi connectivity index (χ0) is 14.0. The molecule has 2 aromatic rings. The van der Waals surface area contributed by atoms with E-state index in [-0.39, 0.29) is 5.82 Å². The van der Waals surface area contributed by atoms with Gasteiger partial charge < -0.3 is 10.5 Å². The van der Waals surface area contributed by atoms with Gasteiger partial charge in [0.05, 0.1) is 13.2 Å². The van der Waals surface area contributed by atoms with Crippen LogP contribution in [0.3, 0.4) is 0 Å². The first-order valence-electron chi connectivity index (χ1n) is 5.88. The van der Waals surface area contributed by atoms with E-state index in [0.717, 1.165) is 5.56 Å². The summed E-state index contributed by atoms with van der Waals surface area (Å²) < 4.78 is 19.1. The molecule has 0 saturated carbocycles. The fraction of sp³-hybridized carbons (Fsp3) is 0.200. The molecule has 0 saturated heterocycles. The van der Waals surface area contributed by atoms with Crippen molar-refractivity contribution in [1.82, 2.24) is 0 Å². The zero-order valence-electron chi connectivity index (χ0n) is 10.8. The topological polar surface area (TPSA) is 35.2 Å². The van der Waals surface area contributed by atoms with Crippen molar-refractivity contribution in [3.63, 3.8) is 0 Å². The molecule has 0 spiro atoms. The first-order valence-corrected chi connectivity index (χ1v) is 6.26. The molecule has 4 heteroatoms. The molecule has 2 rings (SSSR count). The Balaban J connectivity index is 2.51. The molecule has 0 radical (unpaired) electrons. The van der Waals surface area contributed by atoms with Gasteiger partial charge in [-0.25, -0.2) is 4.39 Å². The molecule has 0 aliphatic heterocycles. The summed E-state index contributed by atoms with van der Waals surface area (Å²) in [6.07, 6.45) is 0. The second-order valence-electron chi connectivity index (χ2n) is 4.39. The Labute approximate surface area is 117 Å². The molecule has 0 heterocycles. The van der Waals surface area contributed by atoms with Crippen LogP contribution in [-0.4, -0.2) is 7.11 Å². The van der Waals surface area contributed by atoms with E-state index in [2.05, 4.69) is 0 Å². The van der Waals surface area contributed by atoms with Crippen molar-refractivity contribution in [3.8, 4) is 5.75 Å². The van der Waals surface area contributed by atoms with Gasteiger partial charge in [-0.15, -0.1) is 0 Å². The maximum Gasteiger partial charge on any atom is 0.128 e. The Kier molecular flexibility index (Phi) is 4.08. The molecular formula is C15H15ClFNO. The molecule has 1 atom stereocenters. The monoisotopic (exact) mass is 279 g/mol. The standard InChI is InChI=1S/C15H15ClFNO/c1-9-3-5-13(17)11(7-9)15(18)12-8-10(16)4-6-14(12)19-2/h3-8,15H,18H2,1-2H3. The Morgan fingerprint density at radius 2 is 1.89 bits per heavy atom. The van der Waals surface area contributed by atoms with E-state index in [1.807, 2.05) is 6.92 Å². The lowest BCUT2D eigenvalue weighted by atomic mass is 9.97. The van der Waals surface area contributed by atoms with E-state index in [4.69, 9.17) is 22.1 Å². The number of halogens is 2. The van der Waals surface area contributed by atoms with Crippen molar-refractivity contribution in [2.75, 3.05) is 7.11 Å². The van der Waals surface area contributed by atoms with Crippen molar-refractivity contribution >= 4 is 11.6 Å². The average Bonchev–Trinajstić information content (AvgIpc) is 2.40. The summed E-state index contributed by atoms with van der Waals surface area (Å²) in [5.74, 6) is 0.262. The lowest BCUT2D eigenvalue weighted by molar-refractivity contribution is 0.407. The first kappa shape index (κ1) is 13.8. The number of nitrogens with two attached hydrogens (primary N) is 1. The maximum atomic E-state index is 13.9. The molecule has 1 unspecified atom stereocenters. The Hall–Kier alpha value is -1.58. The smallest absolute Gasteiger partial charge is 0.128 e. The summed E-state index contributed by atoms with van der Waals surface area (Å²) in [5, 5.41) is 0.541. The normalized spacial score (nSPS) is 12.3. The number of hydrogen-bond donors (Lipinski definition) is 1. The van der Waals surface area contributed by atoms with Crippen molar-refractivity contribution in [2.45, 2.75) is 13.0 Å². The van der Waals surface area contributed by atoms with Gasteiger partial charge in [0.1, 0.15) is 11.6 Å². The fourth-order valence-corrected chi connectivity index (χ4v) is 2.20. The third-order valence-corrected chi connectivity index (χ3v) is 3.25. The molecular weight excluding hydrogens is 265 g/mol. The van der Waals surface area contributed by atoms with Crippen LogP contribution in [0.5, 0.6) is 5.75 Å². The third-order valence-electron chi connectivity index (χ3n) is 3.01. The lowest BCUT2D eigenvalue weighted by Gasteiger charge is -2.17. The van der Waals surface area contributed by atoms with E-state index in [1.54, 1.807) is 37.4 Å². The zero-order valence-corrected chi connectivity index (χ0v) is 11.5. The van der Waals surface area contributed by atoms with Crippen molar-refractivity contribution in [3.05, 3.63) is 63.9 Å². The van der Waals surface area contributed by atoms with Crippen LogP contribution in [0.2, 0.25) is 5.02 Å². The van der Waals surface area contributed by atoms with E-state index in [1.165, 1.54) is 6.07 Å². The Morgan fingerprint density at radius 3 is 2.58 bits per heavy atom. The minimum Gasteiger partial charge on any atom is -0.496 e. The van der Waals surface area contributed by atoms with Crippen molar-refractivity contribution < 1.29 is 9.13 Å². The van der Waals surface area contributed by atoms with Crippen LogP contribution < -0.4 is 10.5 Å². The lowest BCUT2D eigenvalue weighted by Crippen LogP contribution is -2.15. The summed E-state index contributed by atoms with van der Waals surface area (Å²) in [5.41, 5.74) is 8.20. The second-order valence-corrected chi connectivity index (χ2v) is 4.83. The Morgan fingerprint density at radius 1 is 1.16 bits per heavy atom. The summed E-state index contributed by atoms with van der Waals surface area (Å²) in [6.45, 7) is 1.89. The molecule has 0 bridgehead atoms. The summed E-state index contributed by atoms with van der Waals surface area (Å²) in [7, 11) is 1.55. The molecule has 2 N–H and O–H groups in total. The second kappa shape index (κ2) is 5.59. The van der Waals surface area contributed by atoms with Gasteiger partial charge in [-0.3, -0.25) is 0 Å². The molecule has 0 amide bonds.